The molecule has 0 unspecified atom stereocenters. The first-order chi connectivity index (χ1) is 9.90. The minimum absolute atomic E-state index is 0.0717. The van der Waals surface area contributed by atoms with Crippen LogP contribution in [0.25, 0.3) is 0 Å². The van der Waals surface area contributed by atoms with E-state index in [0.29, 0.717) is 13.0 Å². The molecule has 0 fully saturated rings. The van der Waals surface area contributed by atoms with E-state index in [9.17, 15) is 9.59 Å². The molecule has 1 heterocycles. The number of hydrogen-bond acceptors (Lipinski definition) is 4. The van der Waals surface area contributed by atoms with E-state index in [0.717, 1.165) is 43.3 Å². The molecule has 0 atom stereocenters. The number of nitrogens with zero attached hydrogens (tertiary/aromatic N) is 2. The number of amides is 2. The number of carbonyl (C=O) groups excluding carboxylic acids is 2. The number of unbranched alkanes of at least 4 members (excludes halogenated alkanes) is 1. The molecule has 2 aliphatic rings. The van der Waals surface area contributed by atoms with Crippen molar-refractivity contribution in [2.24, 2.45) is 5.16 Å². The topological polar surface area (TPSA) is 59.0 Å². The third kappa shape index (κ3) is 3.93. The molecule has 5 heteroatoms. The van der Waals surface area contributed by atoms with Crippen LogP contribution < -0.4 is 0 Å². The van der Waals surface area contributed by atoms with Gasteiger partial charge in [0.2, 0.25) is 0 Å². The van der Waals surface area contributed by atoms with Crippen LogP contribution in [0, 0.1) is 0 Å². The summed E-state index contributed by atoms with van der Waals surface area (Å²) in [6.07, 6.45) is 6.66. The summed E-state index contributed by atoms with van der Waals surface area (Å²) in [4.78, 5) is 31.0. The highest BCUT2D eigenvalue weighted by Crippen LogP contribution is 2.32. The maximum atomic E-state index is 12.2. The van der Waals surface area contributed by atoms with Crippen LogP contribution in [0.2, 0.25) is 0 Å². The zero-order valence-electron chi connectivity index (χ0n) is 13.1. The second kappa shape index (κ2) is 6.41. The molecule has 2 amide bonds. The molecule has 116 valence electrons. The van der Waals surface area contributed by atoms with Crippen LogP contribution >= 0.6 is 0 Å². The second-order valence-corrected chi connectivity index (χ2v) is 6.56. The minimum Gasteiger partial charge on any atom is -0.390 e. The maximum absolute atomic E-state index is 12.2. The summed E-state index contributed by atoms with van der Waals surface area (Å²) in [6, 6.07) is 0. The van der Waals surface area contributed by atoms with Crippen LogP contribution in [-0.4, -0.2) is 35.1 Å². The first-order valence-electron chi connectivity index (χ1n) is 7.68. The number of carbonyl (C=O) groups is 2. The summed E-state index contributed by atoms with van der Waals surface area (Å²) in [6.45, 7) is 6.26. The summed E-state index contributed by atoms with van der Waals surface area (Å²) in [5, 5.41) is 3.89. The van der Waals surface area contributed by atoms with Gasteiger partial charge >= 0.3 is 0 Å². The van der Waals surface area contributed by atoms with Gasteiger partial charge in [-0.15, -0.1) is 0 Å². The van der Waals surface area contributed by atoms with E-state index in [2.05, 4.69) is 5.16 Å². The van der Waals surface area contributed by atoms with E-state index in [1.54, 1.807) is 6.21 Å². The van der Waals surface area contributed by atoms with Gasteiger partial charge in [-0.2, -0.15) is 0 Å². The molecular weight excluding hydrogens is 268 g/mol. The average molecular weight is 292 g/mol. The Hall–Kier alpha value is -1.65. The molecule has 0 saturated carbocycles. The van der Waals surface area contributed by atoms with Gasteiger partial charge in [-0.25, -0.2) is 0 Å². The van der Waals surface area contributed by atoms with Gasteiger partial charge in [-0.3, -0.25) is 14.5 Å². The van der Waals surface area contributed by atoms with Crippen molar-refractivity contribution in [3.63, 3.8) is 0 Å². The molecule has 5 nitrogen and oxygen atoms in total. The van der Waals surface area contributed by atoms with Crippen molar-refractivity contribution >= 4 is 18.0 Å². The summed E-state index contributed by atoms with van der Waals surface area (Å²) in [7, 11) is 0. The van der Waals surface area contributed by atoms with Gasteiger partial charge in [0.05, 0.1) is 0 Å². The average Bonchev–Trinajstić information content (AvgIpc) is 2.66. The van der Waals surface area contributed by atoms with E-state index in [-0.39, 0.29) is 17.4 Å². The van der Waals surface area contributed by atoms with Crippen molar-refractivity contribution in [2.45, 2.75) is 64.9 Å². The lowest BCUT2D eigenvalue weighted by Gasteiger charge is -2.15. The van der Waals surface area contributed by atoms with Crippen LogP contribution in [0.3, 0.4) is 0 Å². The van der Waals surface area contributed by atoms with Crippen LogP contribution in [-0.2, 0) is 14.4 Å². The predicted octanol–water partition coefficient (Wildman–Crippen LogP) is 2.81. The molecule has 1 aliphatic heterocycles. The predicted molar refractivity (Wildman–Crippen MR) is 80.8 cm³/mol. The quantitative estimate of drug-likeness (QED) is 0.339. The number of imide groups is 1. The Morgan fingerprint density at radius 2 is 1.71 bits per heavy atom. The van der Waals surface area contributed by atoms with Crippen LogP contribution in [0.15, 0.2) is 16.3 Å². The summed E-state index contributed by atoms with van der Waals surface area (Å²) in [5.74, 6) is -0.143. The lowest BCUT2D eigenvalue weighted by atomic mass is 9.93. The zero-order valence-corrected chi connectivity index (χ0v) is 13.1. The Kier molecular flexibility index (Phi) is 4.80. The standard InChI is InChI=1S/C16H24N2O3/c1-16(2,3)21-17-10-6-7-11-18-14(19)12-8-4-5-9-13(12)15(18)20/h10H,4-9,11H2,1-3H3/b17-10-. The SMILES string of the molecule is CC(C)(C)O/N=C\CCCN1C(=O)C2=C(CCCC2)C1=O. The lowest BCUT2D eigenvalue weighted by molar-refractivity contribution is -0.137. The molecule has 1 aliphatic carbocycles. The van der Waals surface area contributed by atoms with Gasteiger partial charge < -0.3 is 4.84 Å². The van der Waals surface area contributed by atoms with Gasteiger partial charge in [0.1, 0.15) is 5.60 Å². The fourth-order valence-corrected chi connectivity index (χ4v) is 2.59. The first kappa shape index (κ1) is 15.7. The van der Waals surface area contributed by atoms with Crippen molar-refractivity contribution in [3.8, 4) is 0 Å². The maximum Gasteiger partial charge on any atom is 0.257 e. The highest BCUT2D eigenvalue weighted by Gasteiger charge is 2.38. The van der Waals surface area contributed by atoms with Crippen LogP contribution in [0.5, 0.6) is 0 Å². The number of hydrogen-bond donors (Lipinski definition) is 0. The smallest absolute Gasteiger partial charge is 0.257 e. The van der Waals surface area contributed by atoms with Crippen molar-refractivity contribution in [1.82, 2.24) is 4.90 Å². The van der Waals surface area contributed by atoms with Gasteiger partial charge in [-0.05, 0) is 59.3 Å². The van der Waals surface area contributed by atoms with E-state index < -0.39 is 0 Å². The molecule has 0 saturated heterocycles. The Balaban J connectivity index is 1.78. The van der Waals surface area contributed by atoms with E-state index in [1.807, 2.05) is 20.8 Å². The molecule has 0 aromatic rings. The van der Waals surface area contributed by atoms with Crippen molar-refractivity contribution in [3.05, 3.63) is 11.1 Å². The summed E-state index contributed by atoms with van der Waals surface area (Å²) >= 11 is 0. The van der Waals surface area contributed by atoms with E-state index in [4.69, 9.17) is 4.84 Å². The van der Waals surface area contributed by atoms with E-state index >= 15 is 0 Å². The molecular formula is C16H24N2O3. The highest BCUT2D eigenvalue weighted by molar-refractivity contribution is 6.19. The molecule has 0 N–H and O–H groups in total. The van der Waals surface area contributed by atoms with Crippen LogP contribution in [0.4, 0.5) is 0 Å². The van der Waals surface area contributed by atoms with Gasteiger partial charge in [0.25, 0.3) is 11.8 Å². The third-order valence-electron chi connectivity index (χ3n) is 3.59. The lowest BCUT2D eigenvalue weighted by Crippen LogP contribution is -2.32. The molecule has 0 spiro atoms. The Morgan fingerprint density at radius 3 is 2.24 bits per heavy atom. The van der Waals surface area contributed by atoms with Gasteiger partial charge in [0, 0.05) is 23.9 Å². The van der Waals surface area contributed by atoms with Crippen molar-refractivity contribution in [1.29, 1.82) is 0 Å². The Morgan fingerprint density at radius 1 is 1.14 bits per heavy atom. The molecule has 2 rings (SSSR count). The third-order valence-corrected chi connectivity index (χ3v) is 3.59. The van der Waals surface area contributed by atoms with E-state index in [1.165, 1.54) is 4.90 Å². The minimum atomic E-state index is -0.291. The molecule has 0 bridgehead atoms. The molecule has 21 heavy (non-hydrogen) atoms. The first-order valence-corrected chi connectivity index (χ1v) is 7.68. The second-order valence-electron chi connectivity index (χ2n) is 6.56. The Labute approximate surface area is 126 Å². The molecule has 0 radical (unpaired) electrons. The zero-order chi connectivity index (χ0) is 15.5. The van der Waals surface area contributed by atoms with Crippen molar-refractivity contribution < 1.29 is 14.4 Å². The van der Waals surface area contributed by atoms with Gasteiger partial charge in [0.15, 0.2) is 0 Å². The fourth-order valence-electron chi connectivity index (χ4n) is 2.59. The highest BCUT2D eigenvalue weighted by atomic mass is 16.6. The van der Waals surface area contributed by atoms with Crippen molar-refractivity contribution in [2.75, 3.05) is 6.54 Å². The molecule has 0 aromatic carbocycles. The number of oxime groups is 1. The monoisotopic (exact) mass is 292 g/mol. The largest absolute Gasteiger partial charge is 0.390 e. The summed E-state index contributed by atoms with van der Waals surface area (Å²) in [5.41, 5.74) is 1.23. The normalized spacial score (nSPS) is 19.7. The van der Waals surface area contributed by atoms with Gasteiger partial charge in [-0.1, -0.05) is 5.16 Å². The number of rotatable bonds is 5. The Bertz CT molecular complexity index is 458. The van der Waals surface area contributed by atoms with Crippen LogP contribution in [0.1, 0.15) is 59.3 Å². The molecule has 0 aromatic heterocycles. The fraction of sp³-hybridized carbons (Fsp3) is 0.688. The summed E-state index contributed by atoms with van der Waals surface area (Å²) < 4.78 is 0.